The molecular weight excluding hydrogens is 705 g/mol. The fourth-order valence-corrected chi connectivity index (χ4v) is 8.08. The van der Waals surface area contributed by atoms with E-state index in [1.807, 2.05) is 61.7 Å². The SMILES string of the molecule is C/C=C\C=C1C(=NCC2=C(C(=O)O)N3C(=O)[C@@H](NC(=O)/C(=N\OC)c4csc(N)n4)[C@H]3SC2)C=CN1Cc1ccc(C(N)=NC2CCCNC2)cc1. The van der Waals surface area contributed by atoms with Crippen LogP contribution < -0.4 is 22.1 Å². The summed E-state index contributed by atoms with van der Waals surface area (Å²) in [7, 11) is 1.28. The summed E-state index contributed by atoms with van der Waals surface area (Å²) in [4.78, 5) is 60.6. The third-order valence-corrected chi connectivity index (χ3v) is 10.8. The minimum atomic E-state index is -1.24. The number of anilines is 1. The zero-order valence-corrected chi connectivity index (χ0v) is 30.3. The van der Waals surface area contributed by atoms with Crippen LogP contribution in [0.2, 0.25) is 0 Å². The summed E-state index contributed by atoms with van der Waals surface area (Å²) in [6.45, 7) is 4.43. The maximum Gasteiger partial charge on any atom is 0.352 e. The molecule has 272 valence electrons. The minimum absolute atomic E-state index is 0.0720. The average molecular weight is 745 g/mol. The Kier molecular flexibility index (Phi) is 11.5. The highest BCUT2D eigenvalue weighted by Gasteiger charge is 2.54. The molecule has 0 aliphatic carbocycles. The summed E-state index contributed by atoms with van der Waals surface area (Å²) < 4.78 is 0. The van der Waals surface area contributed by atoms with E-state index >= 15 is 0 Å². The van der Waals surface area contributed by atoms with Crippen LogP contribution in [0.25, 0.3) is 0 Å². The van der Waals surface area contributed by atoms with Gasteiger partial charge in [0.05, 0.1) is 24.0 Å². The van der Waals surface area contributed by atoms with E-state index in [0.29, 0.717) is 29.4 Å². The van der Waals surface area contributed by atoms with E-state index in [1.165, 1.54) is 23.8 Å². The second kappa shape index (κ2) is 16.4. The third kappa shape index (κ3) is 7.95. The summed E-state index contributed by atoms with van der Waals surface area (Å²) in [6, 6.07) is 7.26. The monoisotopic (exact) mass is 744 g/mol. The smallest absolute Gasteiger partial charge is 0.352 e. The molecule has 0 radical (unpaired) electrons. The second-order valence-corrected chi connectivity index (χ2v) is 14.2. The van der Waals surface area contributed by atoms with Crippen molar-refractivity contribution < 1.29 is 24.3 Å². The van der Waals surface area contributed by atoms with Gasteiger partial charge in [-0.25, -0.2) is 9.78 Å². The van der Waals surface area contributed by atoms with Crippen molar-refractivity contribution in [2.75, 3.05) is 38.2 Å². The van der Waals surface area contributed by atoms with E-state index in [0.717, 1.165) is 54.1 Å². The number of nitrogens with zero attached hydrogens (tertiary/aromatic N) is 6. The van der Waals surface area contributed by atoms with Crippen molar-refractivity contribution in [3.05, 3.63) is 93.9 Å². The summed E-state index contributed by atoms with van der Waals surface area (Å²) in [5, 5.41) is 21.2. The van der Waals surface area contributed by atoms with Crippen LogP contribution in [0.1, 0.15) is 36.6 Å². The molecule has 4 aliphatic rings. The van der Waals surface area contributed by atoms with Crippen LogP contribution in [-0.4, -0.2) is 105 Å². The zero-order valence-electron chi connectivity index (χ0n) is 28.7. The van der Waals surface area contributed by atoms with Gasteiger partial charge in [-0.1, -0.05) is 41.6 Å². The van der Waals surface area contributed by atoms with Crippen molar-refractivity contribution in [2.24, 2.45) is 20.9 Å². The van der Waals surface area contributed by atoms with E-state index in [2.05, 4.69) is 25.7 Å². The van der Waals surface area contributed by atoms with Crippen molar-refractivity contribution in [1.82, 2.24) is 25.4 Å². The molecule has 17 heteroatoms. The van der Waals surface area contributed by atoms with Crippen LogP contribution in [0.15, 0.2) is 92.3 Å². The van der Waals surface area contributed by atoms with Gasteiger partial charge in [-0.05, 0) is 49.6 Å². The zero-order chi connectivity index (χ0) is 36.8. The molecular formula is C35H40N10O5S2. The van der Waals surface area contributed by atoms with Crippen LogP contribution in [0.4, 0.5) is 5.13 Å². The molecule has 6 rings (SSSR count). The highest BCUT2D eigenvalue weighted by molar-refractivity contribution is 8.00. The van der Waals surface area contributed by atoms with E-state index in [9.17, 15) is 19.5 Å². The highest BCUT2D eigenvalue weighted by Crippen LogP contribution is 2.40. The van der Waals surface area contributed by atoms with Gasteiger partial charge >= 0.3 is 5.97 Å². The highest BCUT2D eigenvalue weighted by atomic mass is 32.2. The Balaban J connectivity index is 1.13. The normalized spacial score (nSPS) is 23.8. The Bertz CT molecular complexity index is 1920. The quantitative estimate of drug-likeness (QED) is 0.0920. The number of thiazole rings is 1. The number of rotatable bonds is 12. The first-order valence-electron chi connectivity index (χ1n) is 16.7. The molecule has 2 saturated heterocycles. The molecule has 2 aromatic rings. The predicted molar refractivity (Wildman–Crippen MR) is 203 cm³/mol. The standard InChI is InChI=1S/C35H40N10O5S2/c1-3-4-7-26-24(12-14-44(26)17-20-8-10-21(11-9-20)30(36)40-23-6-5-13-38-16-23)39-15-22-18-51-33-28(32(47)45(33)29(22)34(48)49)42-31(46)27(43-50-2)25-19-52-35(37)41-25/h3-4,7-12,14,19,23,28,33,38H,5-6,13,15-18H2,1-2H3,(H2,36,40)(H2,37,41)(H,42,46)(H,48,49)/b4-3-,26-7?,39-24?,43-27-/t23?,28-,33-/m1/s1. The third-order valence-electron chi connectivity index (χ3n) is 8.76. The number of carbonyl (C=O) groups is 3. The Morgan fingerprint density at radius 2 is 2.08 bits per heavy atom. The molecule has 0 spiro atoms. The number of nitrogens with two attached hydrogens (primary N) is 2. The number of aromatic nitrogens is 1. The Labute approximate surface area is 309 Å². The lowest BCUT2D eigenvalue weighted by Crippen LogP contribution is -2.71. The topological polar surface area (TPSA) is 213 Å². The second-order valence-electron chi connectivity index (χ2n) is 12.2. The number of hydrogen-bond acceptors (Lipinski definition) is 13. The fraction of sp³-hybridized carbons (Fsp3) is 0.343. The molecule has 1 aromatic carbocycles. The van der Waals surface area contributed by atoms with Crippen molar-refractivity contribution in [3.8, 4) is 0 Å². The number of oxime groups is 1. The number of aliphatic carboxylic acids is 1. The van der Waals surface area contributed by atoms with Gasteiger partial charge in [0.2, 0.25) is 0 Å². The number of allylic oxidation sites excluding steroid dienone is 4. The van der Waals surface area contributed by atoms with Gasteiger partial charge in [-0.15, -0.1) is 23.1 Å². The number of nitrogen functional groups attached to an aromatic ring is 1. The van der Waals surface area contributed by atoms with Crippen LogP contribution >= 0.6 is 23.1 Å². The molecule has 5 heterocycles. The lowest BCUT2D eigenvalue weighted by molar-refractivity contribution is -0.150. The van der Waals surface area contributed by atoms with Crippen LogP contribution in [-0.2, 0) is 25.8 Å². The molecule has 2 fully saturated rings. The van der Waals surface area contributed by atoms with Crippen molar-refractivity contribution in [2.45, 2.75) is 43.8 Å². The van der Waals surface area contributed by atoms with Crippen LogP contribution in [0, 0.1) is 0 Å². The van der Waals surface area contributed by atoms with Crippen LogP contribution in [0.3, 0.4) is 0 Å². The molecule has 2 amide bonds. The first-order chi connectivity index (χ1) is 25.2. The predicted octanol–water partition coefficient (Wildman–Crippen LogP) is 2.20. The molecule has 4 aliphatic heterocycles. The maximum absolute atomic E-state index is 13.3. The van der Waals surface area contributed by atoms with Gasteiger partial charge in [0.25, 0.3) is 11.8 Å². The van der Waals surface area contributed by atoms with E-state index in [4.69, 9.17) is 26.3 Å². The van der Waals surface area contributed by atoms with Crippen molar-refractivity contribution in [1.29, 1.82) is 0 Å². The number of carboxylic acids is 1. The Morgan fingerprint density at radius 3 is 2.75 bits per heavy atom. The number of amidine groups is 1. The van der Waals surface area contributed by atoms with Gasteiger partial charge < -0.3 is 36.9 Å². The number of thioether (sulfide) groups is 1. The molecule has 0 saturated carbocycles. The summed E-state index contributed by atoms with van der Waals surface area (Å²) >= 11 is 2.48. The molecule has 52 heavy (non-hydrogen) atoms. The van der Waals surface area contributed by atoms with Crippen LogP contribution in [0.5, 0.6) is 0 Å². The number of hydrogen-bond donors (Lipinski definition) is 5. The number of benzene rings is 1. The summed E-state index contributed by atoms with van der Waals surface area (Å²) in [5.41, 5.74) is 15.9. The first kappa shape index (κ1) is 36.5. The summed E-state index contributed by atoms with van der Waals surface area (Å²) in [6.07, 6.45) is 11.8. The van der Waals surface area contributed by atoms with Gasteiger partial charge in [0, 0.05) is 36.0 Å². The van der Waals surface area contributed by atoms with Gasteiger partial charge in [-0.2, -0.15) is 0 Å². The average Bonchev–Trinajstić information content (AvgIpc) is 3.75. The van der Waals surface area contributed by atoms with E-state index in [1.54, 1.807) is 5.38 Å². The lowest BCUT2D eigenvalue weighted by atomic mass is 10.0. The maximum atomic E-state index is 13.3. The molecule has 1 aromatic heterocycles. The first-order valence-corrected chi connectivity index (χ1v) is 18.6. The van der Waals surface area contributed by atoms with E-state index < -0.39 is 29.2 Å². The number of piperidine rings is 1. The van der Waals surface area contributed by atoms with E-state index in [-0.39, 0.29) is 34.8 Å². The molecule has 7 N–H and O–H groups in total. The molecule has 3 atom stereocenters. The Morgan fingerprint density at radius 1 is 1.27 bits per heavy atom. The van der Waals surface area contributed by atoms with Crippen molar-refractivity contribution >= 4 is 63.3 Å². The van der Waals surface area contributed by atoms with Crippen molar-refractivity contribution in [3.63, 3.8) is 0 Å². The number of carbonyl (C=O) groups excluding carboxylic acids is 2. The minimum Gasteiger partial charge on any atom is -0.477 e. The molecule has 15 nitrogen and oxygen atoms in total. The molecule has 0 bridgehead atoms. The van der Waals surface area contributed by atoms with Gasteiger partial charge in [0.15, 0.2) is 10.8 Å². The Hall–Kier alpha value is -5.26. The van der Waals surface area contributed by atoms with Gasteiger partial charge in [-0.3, -0.25) is 24.5 Å². The lowest BCUT2D eigenvalue weighted by Gasteiger charge is -2.49. The number of nitrogens with one attached hydrogen (secondary N) is 2. The fourth-order valence-electron chi connectivity index (χ4n) is 6.19. The number of β-lactam (4-membered cyclic amide) rings is 1. The largest absolute Gasteiger partial charge is 0.477 e. The summed E-state index contributed by atoms with van der Waals surface area (Å²) in [5.74, 6) is -1.64. The number of amides is 2. The molecule has 1 unspecified atom stereocenters. The number of aliphatic imine (C=N–C) groups is 2. The number of carboxylic acid groups (broad SMARTS) is 1. The van der Waals surface area contributed by atoms with Gasteiger partial charge in [0.1, 0.15) is 35.8 Å². The number of fused-ring (bicyclic) bond motifs is 1.